The highest BCUT2D eigenvalue weighted by atomic mass is 79.9. The number of rotatable bonds is 4. The number of hydrogen-bond donors (Lipinski definition) is 1. The van der Waals surface area contributed by atoms with Gasteiger partial charge in [0, 0.05) is 11.0 Å². The molecule has 2 aromatic rings. The van der Waals surface area contributed by atoms with Gasteiger partial charge in [0.05, 0.1) is 6.10 Å². The third kappa shape index (κ3) is 3.97. The molecule has 1 aliphatic heterocycles. The van der Waals surface area contributed by atoms with Crippen molar-refractivity contribution in [2.24, 2.45) is 5.92 Å². The normalized spacial score (nSPS) is 18.3. The molecule has 1 atom stereocenters. The summed E-state index contributed by atoms with van der Waals surface area (Å²) in [5.41, 5.74) is 2.39. The van der Waals surface area contributed by atoms with Crippen molar-refractivity contribution in [2.75, 3.05) is 13.1 Å². The Morgan fingerprint density at radius 1 is 1.05 bits per heavy atom. The lowest BCUT2D eigenvalue weighted by Gasteiger charge is -2.34. The average Bonchev–Trinajstić information content (AvgIpc) is 2.56. The Morgan fingerprint density at radius 2 is 1.77 bits per heavy atom. The second kappa shape index (κ2) is 7.40. The van der Waals surface area contributed by atoms with E-state index in [9.17, 15) is 5.11 Å². The molecule has 2 aromatic carbocycles. The smallest absolute Gasteiger partial charge is 0.0819 e. The zero-order valence-electron chi connectivity index (χ0n) is 12.7. The van der Waals surface area contributed by atoms with Gasteiger partial charge in [-0.15, -0.1) is 0 Å². The number of hydrogen-bond acceptors (Lipinski definition) is 2. The largest absolute Gasteiger partial charge is 0.388 e. The lowest BCUT2D eigenvalue weighted by Crippen LogP contribution is -2.35. The molecule has 1 fully saturated rings. The van der Waals surface area contributed by atoms with E-state index < -0.39 is 0 Å². The van der Waals surface area contributed by atoms with Crippen molar-refractivity contribution >= 4 is 15.9 Å². The standard InChI is InChI=1S/C19H22BrNO/c20-18-8-4-5-15(13-18)14-21-11-9-17(10-12-21)19(22)16-6-2-1-3-7-16/h1-8,13,17,19,22H,9-12,14H2. The summed E-state index contributed by atoms with van der Waals surface area (Å²) in [5, 5.41) is 10.5. The highest BCUT2D eigenvalue weighted by molar-refractivity contribution is 9.10. The first-order chi connectivity index (χ1) is 10.7. The highest BCUT2D eigenvalue weighted by Gasteiger charge is 2.26. The van der Waals surface area contributed by atoms with Gasteiger partial charge >= 0.3 is 0 Å². The molecule has 22 heavy (non-hydrogen) atoms. The summed E-state index contributed by atoms with van der Waals surface area (Å²) in [7, 11) is 0. The number of aliphatic hydroxyl groups is 1. The van der Waals surface area contributed by atoms with Crippen LogP contribution < -0.4 is 0 Å². The Kier molecular flexibility index (Phi) is 5.29. The van der Waals surface area contributed by atoms with Crippen molar-refractivity contribution in [3.8, 4) is 0 Å². The quantitative estimate of drug-likeness (QED) is 0.874. The molecule has 1 heterocycles. The molecular formula is C19H22BrNO. The van der Waals surface area contributed by atoms with Crippen LogP contribution in [0.25, 0.3) is 0 Å². The Hall–Kier alpha value is -1.16. The van der Waals surface area contributed by atoms with Crippen molar-refractivity contribution in [1.29, 1.82) is 0 Å². The van der Waals surface area contributed by atoms with Crippen molar-refractivity contribution in [1.82, 2.24) is 4.90 Å². The Balaban J connectivity index is 1.54. The van der Waals surface area contributed by atoms with Crippen LogP contribution in [-0.4, -0.2) is 23.1 Å². The summed E-state index contributed by atoms with van der Waals surface area (Å²) in [6.45, 7) is 3.11. The summed E-state index contributed by atoms with van der Waals surface area (Å²) < 4.78 is 1.14. The number of piperidine rings is 1. The van der Waals surface area contributed by atoms with Crippen molar-refractivity contribution in [2.45, 2.75) is 25.5 Å². The maximum Gasteiger partial charge on any atom is 0.0819 e. The molecule has 1 aliphatic rings. The summed E-state index contributed by atoms with van der Waals surface area (Å²) in [5.74, 6) is 0.376. The fraction of sp³-hybridized carbons (Fsp3) is 0.368. The summed E-state index contributed by atoms with van der Waals surface area (Å²) >= 11 is 3.53. The first-order valence-electron chi connectivity index (χ1n) is 7.92. The molecule has 3 rings (SSSR count). The van der Waals surface area contributed by atoms with E-state index in [1.165, 1.54) is 5.56 Å². The zero-order valence-corrected chi connectivity index (χ0v) is 14.2. The average molecular weight is 360 g/mol. The molecule has 0 aliphatic carbocycles. The van der Waals surface area contributed by atoms with Crippen LogP contribution >= 0.6 is 15.9 Å². The number of benzene rings is 2. The molecule has 1 unspecified atom stereocenters. The molecule has 1 N–H and O–H groups in total. The molecule has 0 spiro atoms. The van der Waals surface area contributed by atoms with Gasteiger partial charge in [-0.05, 0) is 55.1 Å². The van der Waals surface area contributed by atoms with E-state index in [1.54, 1.807) is 0 Å². The lowest BCUT2D eigenvalue weighted by atomic mass is 9.87. The predicted molar refractivity (Wildman–Crippen MR) is 93.5 cm³/mol. The maximum absolute atomic E-state index is 10.5. The summed E-state index contributed by atoms with van der Waals surface area (Å²) in [4.78, 5) is 2.48. The molecule has 0 radical (unpaired) electrons. The lowest BCUT2D eigenvalue weighted by molar-refractivity contribution is 0.0568. The van der Waals surface area contributed by atoms with E-state index in [4.69, 9.17) is 0 Å². The van der Waals surface area contributed by atoms with Crippen molar-refractivity contribution in [3.63, 3.8) is 0 Å². The zero-order chi connectivity index (χ0) is 15.4. The van der Waals surface area contributed by atoms with Gasteiger partial charge in [-0.2, -0.15) is 0 Å². The van der Waals surface area contributed by atoms with Gasteiger partial charge in [0.25, 0.3) is 0 Å². The van der Waals surface area contributed by atoms with E-state index in [2.05, 4.69) is 45.1 Å². The van der Waals surface area contributed by atoms with Crippen LogP contribution in [0, 0.1) is 5.92 Å². The Bertz CT molecular complexity index is 593. The van der Waals surface area contributed by atoms with Crippen LogP contribution in [0.4, 0.5) is 0 Å². The van der Waals surface area contributed by atoms with Gasteiger partial charge in [-0.25, -0.2) is 0 Å². The summed E-state index contributed by atoms with van der Waals surface area (Å²) in [6.07, 6.45) is 1.79. The van der Waals surface area contributed by atoms with E-state index in [-0.39, 0.29) is 6.10 Å². The molecule has 3 heteroatoms. The molecule has 0 aromatic heterocycles. The van der Waals surface area contributed by atoms with Gasteiger partial charge in [0.1, 0.15) is 0 Å². The molecule has 0 amide bonds. The van der Waals surface area contributed by atoms with Gasteiger partial charge in [0.2, 0.25) is 0 Å². The first-order valence-corrected chi connectivity index (χ1v) is 8.71. The van der Waals surface area contributed by atoms with Crippen molar-refractivity contribution < 1.29 is 5.11 Å². The molecule has 0 bridgehead atoms. The van der Waals surface area contributed by atoms with Crippen LogP contribution in [-0.2, 0) is 6.54 Å². The van der Waals surface area contributed by atoms with Crippen LogP contribution in [0.1, 0.15) is 30.1 Å². The van der Waals surface area contributed by atoms with Gasteiger partial charge in [0.15, 0.2) is 0 Å². The second-order valence-electron chi connectivity index (χ2n) is 6.10. The topological polar surface area (TPSA) is 23.5 Å². The summed E-state index contributed by atoms with van der Waals surface area (Å²) in [6, 6.07) is 18.6. The monoisotopic (exact) mass is 359 g/mol. The van der Waals surface area contributed by atoms with Gasteiger partial charge in [-0.3, -0.25) is 4.90 Å². The minimum absolute atomic E-state index is 0.325. The van der Waals surface area contributed by atoms with Crippen molar-refractivity contribution in [3.05, 3.63) is 70.2 Å². The van der Waals surface area contributed by atoms with Gasteiger partial charge in [-0.1, -0.05) is 58.4 Å². The Labute approximate surface area is 140 Å². The minimum Gasteiger partial charge on any atom is -0.388 e. The fourth-order valence-corrected chi connectivity index (χ4v) is 3.69. The number of halogens is 1. The fourth-order valence-electron chi connectivity index (χ4n) is 3.24. The van der Waals surface area contributed by atoms with Crippen LogP contribution in [0.15, 0.2) is 59.1 Å². The van der Waals surface area contributed by atoms with Crippen LogP contribution in [0.2, 0.25) is 0 Å². The maximum atomic E-state index is 10.5. The van der Waals surface area contributed by atoms with Crippen LogP contribution in [0.3, 0.4) is 0 Å². The molecule has 0 saturated carbocycles. The van der Waals surface area contributed by atoms with Crippen LogP contribution in [0.5, 0.6) is 0 Å². The SMILES string of the molecule is OC(c1ccccc1)C1CCN(Cc2cccc(Br)c2)CC1. The number of likely N-dealkylation sites (tertiary alicyclic amines) is 1. The van der Waals surface area contributed by atoms with E-state index in [0.29, 0.717) is 5.92 Å². The van der Waals surface area contributed by atoms with Gasteiger partial charge < -0.3 is 5.11 Å². The second-order valence-corrected chi connectivity index (χ2v) is 7.01. The highest BCUT2D eigenvalue weighted by Crippen LogP contribution is 2.31. The molecule has 116 valence electrons. The van der Waals surface area contributed by atoms with E-state index in [1.807, 2.05) is 30.3 Å². The number of nitrogens with zero attached hydrogens (tertiary/aromatic N) is 1. The molecule has 1 saturated heterocycles. The Morgan fingerprint density at radius 3 is 2.45 bits per heavy atom. The van der Waals surface area contributed by atoms with E-state index in [0.717, 1.165) is 42.5 Å². The number of aliphatic hydroxyl groups excluding tert-OH is 1. The third-order valence-corrected chi connectivity index (χ3v) is 5.01. The minimum atomic E-state index is -0.325. The van der Waals surface area contributed by atoms with E-state index >= 15 is 0 Å². The molecular weight excluding hydrogens is 338 g/mol. The predicted octanol–water partition coefficient (Wildman–Crippen LogP) is 4.39. The third-order valence-electron chi connectivity index (χ3n) is 4.52. The first kappa shape index (κ1) is 15.7. The molecule has 2 nitrogen and oxygen atoms in total.